The zero-order chi connectivity index (χ0) is 32.5. The molecule has 0 radical (unpaired) electrons. The van der Waals surface area contributed by atoms with Crippen LogP contribution < -0.4 is 17.0 Å². The van der Waals surface area contributed by atoms with Gasteiger partial charge in [-0.15, -0.1) is 11.3 Å². The van der Waals surface area contributed by atoms with Gasteiger partial charge in [-0.3, -0.25) is 32.4 Å². The topological polar surface area (TPSA) is 281 Å². The summed E-state index contributed by atoms with van der Waals surface area (Å²) in [5.41, 5.74) is 11.0. The highest BCUT2D eigenvalue weighted by Gasteiger charge is 2.55. The smallest absolute Gasteiger partial charge is 0.383 e. The summed E-state index contributed by atoms with van der Waals surface area (Å²) in [5.74, 6) is -0.106. The second-order valence-electron chi connectivity index (χ2n) is 10.4. The Bertz CT molecular complexity index is 1960. The molecule has 3 saturated heterocycles. The maximum Gasteiger partial charge on any atom is 0.472 e. The zero-order valence-corrected chi connectivity index (χ0v) is 25.9. The second kappa shape index (κ2) is 11.6. The molecular weight excluding hydrogens is 681 g/mol. The summed E-state index contributed by atoms with van der Waals surface area (Å²) < 4.78 is 82.2. The minimum atomic E-state index is -5.07. The van der Waals surface area contributed by atoms with Crippen LogP contribution in [-0.4, -0.2) is 96.3 Å². The third-order valence-electron chi connectivity index (χ3n) is 7.60. The number of H-pyrrole nitrogens is 1. The minimum absolute atomic E-state index is 0.0717. The second-order valence-corrected chi connectivity index (χ2v) is 14.1. The summed E-state index contributed by atoms with van der Waals surface area (Å²) in [6, 6.07) is 0. The number of methoxy groups -OCH3 is 1. The van der Waals surface area contributed by atoms with Crippen molar-refractivity contribution < 1.29 is 55.6 Å². The molecule has 10 atom stereocenters. The first-order chi connectivity index (χ1) is 21.9. The number of thiophene rings is 1. The van der Waals surface area contributed by atoms with Gasteiger partial charge in [0.05, 0.1) is 35.3 Å². The average molecular weight is 706 g/mol. The van der Waals surface area contributed by atoms with Crippen molar-refractivity contribution in [2.24, 2.45) is 0 Å². The number of aromatic amines is 1. The largest absolute Gasteiger partial charge is 0.472 e. The first-order valence-electron chi connectivity index (χ1n) is 13.3. The molecule has 7 rings (SSSR count). The first-order valence-corrected chi connectivity index (χ1v) is 17.2. The lowest BCUT2D eigenvalue weighted by atomic mass is 10.1. The number of alkyl halides is 1. The van der Waals surface area contributed by atoms with Gasteiger partial charge in [0, 0.05) is 12.5 Å². The Hall–Kier alpha value is -2.98. The predicted molar refractivity (Wildman–Crippen MR) is 153 cm³/mol. The molecule has 7 N–H and O–H groups in total. The van der Waals surface area contributed by atoms with Gasteiger partial charge in [0.25, 0.3) is 5.56 Å². The standard InChI is InChI=1S/C22H25FN8O12P2S/c1-37-14-9-3-39-44(33,34)42-13-8(40-15(10(13)23)17-11-7(4-46-17)18(24)27-5-26-11)2-38-45(35,36)43-16(14)21(41-9)31-6-28-12-19(31)29-22(25)30-20(12)32/h4-6,8-10,13-16,21H,2-3H2,1H3,(H,33,34)(H,35,36)(H2,24,26,27)(H3,25,29,30,32)/t8-,9-,10+,13-,14-,15-,16-,21-/m1/s1. The molecule has 24 heteroatoms. The number of nitrogens with one attached hydrogen (secondary N) is 1. The van der Waals surface area contributed by atoms with Crippen molar-refractivity contribution in [2.45, 2.75) is 49.0 Å². The lowest BCUT2D eigenvalue weighted by Gasteiger charge is -2.26. The number of nitrogens with two attached hydrogens (primary N) is 2. The number of hydrogen-bond acceptors (Lipinski definition) is 17. The van der Waals surface area contributed by atoms with Gasteiger partial charge in [-0.1, -0.05) is 0 Å². The minimum Gasteiger partial charge on any atom is -0.383 e. The normalized spacial score (nSPS) is 37.1. The van der Waals surface area contributed by atoms with Gasteiger partial charge in [-0.2, -0.15) is 4.98 Å². The van der Waals surface area contributed by atoms with Crippen LogP contribution in [0, 0.1) is 0 Å². The number of rotatable bonds is 3. The summed E-state index contributed by atoms with van der Waals surface area (Å²) in [6.45, 7) is -1.54. The molecule has 20 nitrogen and oxygen atoms in total. The Kier molecular flexibility index (Phi) is 7.98. The molecule has 3 aliphatic rings. The van der Waals surface area contributed by atoms with Crippen LogP contribution in [0.3, 0.4) is 0 Å². The van der Waals surface area contributed by atoms with Crippen molar-refractivity contribution in [1.29, 1.82) is 0 Å². The number of fused-ring (bicyclic) bond motifs is 5. The van der Waals surface area contributed by atoms with Gasteiger partial charge < -0.3 is 35.5 Å². The maximum absolute atomic E-state index is 16.0. The zero-order valence-electron chi connectivity index (χ0n) is 23.3. The average Bonchev–Trinajstić information content (AvgIpc) is 3.75. The van der Waals surface area contributed by atoms with Crippen LogP contribution >= 0.6 is 27.0 Å². The van der Waals surface area contributed by atoms with Gasteiger partial charge in [0.2, 0.25) is 5.95 Å². The monoisotopic (exact) mass is 706 g/mol. The molecule has 0 aromatic carbocycles. The SMILES string of the molecule is CO[C@H]1[C@H]2OP(=O)(O)OC[C@H]3O[C@@H](c4scc5c(N)ncnc45)[C@@H](F)[C@@H]3OP(=O)(O)OC[C@H]1O[C@H]2n1cnc2c(=O)[nH]c(N)nc21. The number of imidazole rings is 1. The van der Waals surface area contributed by atoms with E-state index in [9.17, 15) is 23.7 Å². The first kappa shape index (κ1) is 31.6. The van der Waals surface area contributed by atoms with Crippen molar-refractivity contribution in [2.75, 3.05) is 31.8 Å². The number of nitrogens with zero attached hydrogens (tertiary/aromatic N) is 5. The van der Waals surface area contributed by atoms with E-state index in [1.54, 1.807) is 5.38 Å². The van der Waals surface area contributed by atoms with Crippen molar-refractivity contribution >= 4 is 60.8 Å². The highest BCUT2D eigenvalue weighted by atomic mass is 32.1. The van der Waals surface area contributed by atoms with Gasteiger partial charge >= 0.3 is 15.6 Å². The van der Waals surface area contributed by atoms with Gasteiger partial charge in [0.1, 0.15) is 48.8 Å². The molecule has 248 valence electrons. The lowest BCUT2D eigenvalue weighted by molar-refractivity contribution is -0.0637. The number of ether oxygens (including phenoxy) is 3. The molecule has 0 aliphatic carbocycles. The van der Waals surface area contributed by atoms with Gasteiger partial charge in [-0.05, 0) is 0 Å². The van der Waals surface area contributed by atoms with Crippen LogP contribution in [0.25, 0.3) is 22.1 Å². The Morgan fingerprint density at radius 2 is 1.78 bits per heavy atom. The summed E-state index contributed by atoms with van der Waals surface area (Å²) in [6.07, 6.45) is -9.83. The van der Waals surface area contributed by atoms with E-state index in [2.05, 4.69) is 24.9 Å². The van der Waals surface area contributed by atoms with Gasteiger partial charge in [-0.25, -0.2) is 28.5 Å². The number of halogens is 1. The van der Waals surface area contributed by atoms with Gasteiger partial charge in [0.15, 0.2) is 23.6 Å². The molecular formula is C22H25FN8O12P2S. The fourth-order valence-electron chi connectivity index (χ4n) is 5.58. The van der Waals surface area contributed by atoms with Crippen LogP contribution in [0.2, 0.25) is 0 Å². The van der Waals surface area contributed by atoms with E-state index in [1.165, 1.54) is 18.0 Å². The molecule has 0 spiro atoms. The van der Waals surface area contributed by atoms with Crippen LogP contribution in [0.5, 0.6) is 0 Å². The van der Waals surface area contributed by atoms with E-state index < -0.39 is 83.4 Å². The highest BCUT2D eigenvalue weighted by molar-refractivity contribution is 7.47. The molecule has 0 amide bonds. The Labute approximate surface area is 259 Å². The summed E-state index contributed by atoms with van der Waals surface area (Å²) >= 11 is 1.06. The number of phosphoric ester groups is 2. The number of hydrogen-bond donors (Lipinski definition) is 5. The van der Waals surface area contributed by atoms with E-state index in [-0.39, 0.29) is 33.3 Å². The van der Waals surface area contributed by atoms with E-state index in [4.69, 9.17) is 43.8 Å². The fraction of sp³-hybridized carbons (Fsp3) is 0.500. The third-order valence-corrected chi connectivity index (χ3v) is 10.6. The molecule has 3 fully saturated rings. The molecule has 46 heavy (non-hydrogen) atoms. The molecule has 2 bridgehead atoms. The van der Waals surface area contributed by atoms with Crippen LogP contribution in [0.15, 0.2) is 22.8 Å². The van der Waals surface area contributed by atoms with E-state index in [1.807, 2.05) is 0 Å². The summed E-state index contributed by atoms with van der Waals surface area (Å²) in [5, 5.41) is 2.03. The maximum atomic E-state index is 16.0. The van der Waals surface area contributed by atoms with E-state index in [0.29, 0.717) is 5.39 Å². The number of nitrogen functional groups attached to an aromatic ring is 2. The quantitative estimate of drug-likeness (QED) is 0.183. The molecule has 2 unspecified atom stereocenters. The van der Waals surface area contributed by atoms with Crippen molar-refractivity contribution in [1.82, 2.24) is 29.5 Å². The Morgan fingerprint density at radius 1 is 1.07 bits per heavy atom. The fourth-order valence-corrected chi connectivity index (χ4v) is 8.54. The predicted octanol–water partition coefficient (Wildman–Crippen LogP) is 0.697. The van der Waals surface area contributed by atoms with Crippen molar-refractivity contribution in [3.05, 3.63) is 33.3 Å². The molecule has 3 aliphatic heterocycles. The van der Waals surface area contributed by atoms with Crippen LogP contribution in [0.4, 0.5) is 16.2 Å². The molecule has 0 saturated carbocycles. The summed E-state index contributed by atoms with van der Waals surface area (Å²) in [4.78, 5) is 52.5. The van der Waals surface area contributed by atoms with Crippen molar-refractivity contribution in [3.63, 3.8) is 0 Å². The summed E-state index contributed by atoms with van der Waals surface area (Å²) in [7, 11) is -8.91. The highest BCUT2D eigenvalue weighted by Crippen LogP contribution is 2.55. The number of anilines is 2. The van der Waals surface area contributed by atoms with Crippen LogP contribution in [0.1, 0.15) is 17.2 Å². The molecule has 7 heterocycles. The Morgan fingerprint density at radius 3 is 2.52 bits per heavy atom. The number of aromatic nitrogens is 6. The van der Waals surface area contributed by atoms with E-state index >= 15 is 4.39 Å². The Balaban J connectivity index is 1.22. The third kappa shape index (κ3) is 5.53. The lowest BCUT2D eigenvalue weighted by Crippen LogP contribution is -2.37. The van der Waals surface area contributed by atoms with Crippen molar-refractivity contribution in [3.8, 4) is 0 Å². The van der Waals surface area contributed by atoms with Crippen LogP contribution in [-0.2, 0) is 41.4 Å². The van der Waals surface area contributed by atoms with E-state index in [0.717, 1.165) is 17.7 Å². The number of phosphoric acid groups is 2. The molecule has 4 aromatic heterocycles. The molecule has 4 aromatic rings.